The lowest BCUT2D eigenvalue weighted by atomic mass is 10.1. The Balaban J connectivity index is 2.04. The third kappa shape index (κ3) is 2.94. The number of rotatable bonds is 4. The zero-order valence-electron chi connectivity index (χ0n) is 13.3. The van der Waals surface area contributed by atoms with E-state index in [-0.39, 0.29) is 5.91 Å². The number of benzene rings is 2. The van der Waals surface area contributed by atoms with Gasteiger partial charge in [-0.25, -0.2) is 0 Å². The minimum atomic E-state index is -0.763. The van der Waals surface area contributed by atoms with Crippen LogP contribution in [-0.2, 0) is 16.0 Å². The van der Waals surface area contributed by atoms with Crippen LogP contribution in [0, 0.1) is 0 Å². The molecule has 0 saturated heterocycles. The largest absolute Gasteiger partial charge is 0.468 e. The lowest BCUT2D eigenvalue weighted by Crippen LogP contribution is -2.33. The van der Waals surface area contributed by atoms with E-state index in [4.69, 9.17) is 5.73 Å². The second kappa shape index (κ2) is 6.68. The van der Waals surface area contributed by atoms with Crippen LogP contribution in [0.25, 0.3) is 10.9 Å². The number of fused-ring (bicyclic) bond motifs is 1. The summed E-state index contributed by atoms with van der Waals surface area (Å²) in [5.74, 6) is -0.592. The molecule has 0 spiro atoms. The molecule has 0 saturated carbocycles. The first-order valence-electron chi connectivity index (χ1n) is 7.64. The van der Waals surface area contributed by atoms with Gasteiger partial charge in [-0.3, -0.25) is 14.2 Å². The Kier molecular flexibility index (Phi) is 4.44. The maximum atomic E-state index is 12.8. The molecule has 0 aliphatic rings. The van der Waals surface area contributed by atoms with Gasteiger partial charge in [-0.15, -0.1) is 0 Å². The van der Waals surface area contributed by atoms with Crippen LogP contribution in [0.3, 0.4) is 0 Å². The Bertz CT molecular complexity index is 884. The van der Waals surface area contributed by atoms with E-state index in [9.17, 15) is 9.59 Å². The standard InChI is InChI=1S/C19H18N2O3/c1-24-19(23)16(20)11-14-12-21(17-10-6-5-9-15(14)17)18(22)13-7-3-2-4-8-13/h2-10,12,16H,11,20H2,1H3. The SMILES string of the molecule is COC(=O)C(N)Cc1cn(C(=O)c2ccccc2)c2ccccc12. The van der Waals surface area contributed by atoms with Crippen LogP contribution < -0.4 is 5.73 Å². The molecule has 24 heavy (non-hydrogen) atoms. The molecule has 5 heteroatoms. The number of esters is 1. The Hall–Kier alpha value is -2.92. The molecule has 1 unspecified atom stereocenters. The number of hydrogen-bond acceptors (Lipinski definition) is 4. The molecule has 3 aromatic rings. The van der Waals surface area contributed by atoms with Crippen molar-refractivity contribution in [3.05, 3.63) is 71.9 Å². The van der Waals surface area contributed by atoms with Crippen molar-refractivity contribution in [2.45, 2.75) is 12.5 Å². The first-order chi connectivity index (χ1) is 11.6. The summed E-state index contributed by atoms with van der Waals surface area (Å²) in [6.07, 6.45) is 2.06. The fourth-order valence-electron chi connectivity index (χ4n) is 2.77. The van der Waals surface area contributed by atoms with Crippen LogP contribution in [0.4, 0.5) is 0 Å². The fourth-order valence-corrected chi connectivity index (χ4v) is 2.77. The molecule has 0 bridgehead atoms. The molecule has 0 fully saturated rings. The van der Waals surface area contributed by atoms with Gasteiger partial charge in [0.05, 0.1) is 12.6 Å². The summed E-state index contributed by atoms with van der Waals surface area (Å²) in [5, 5.41) is 0.904. The van der Waals surface area contributed by atoms with Crippen molar-refractivity contribution in [3.8, 4) is 0 Å². The smallest absolute Gasteiger partial charge is 0.322 e. The predicted molar refractivity (Wildman–Crippen MR) is 91.8 cm³/mol. The molecule has 2 N–H and O–H groups in total. The van der Waals surface area contributed by atoms with E-state index in [1.807, 2.05) is 42.5 Å². The molecule has 5 nitrogen and oxygen atoms in total. The van der Waals surface area contributed by atoms with Gasteiger partial charge >= 0.3 is 5.97 Å². The monoisotopic (exact) mass is 322 g/mol. The highest BCUT2D eigenvalue weighted by Crippen LogP contribution is 2.23. The fraction of sp³-hybridized carbons (Fsp3) is 0.158. The molecule has 1 atom stereocenters. The van der Waals surface area contributed by atoms with Gasteiger partial charge in [-0.1, -0.05) is 36.4 Å². The number of carbonyl (C=O) groups excluding carboxylic acids is 2. The zero-order valence-corrected chi connectivity index (χ0v) is 13.3. The number of para-hydroxylation sites is 1. The first kappa shape index (κ1) is 16.0. The van der Waals surface area contributed by atoms with Gasteiger partial charge in [0, 0.05) is 23.6 Å². The highest BCUT2D eigenvalue weighted by Gasteiger charge is 2.20. The van der Waals surface area contributed by atoms with E-state index in [2.05, 4.69) is 4.74 Å². The van der Waals surface area contributed by atoms with Gasteiger partial charge in [0.2, 0.25) is 0 Å². The number of hydrogen-bond donors (Lipinski definition) is 1. The van der Waals surface area contributed by atoms with Crippen molar-refractivity contribution in [3.63, 3.8) is 0 Å². The highest BCUT2D eigenvalue weighted by atomic mass is 16.5. The van der Waals surface area contributed by atoms with E-state index < -0.39 is 12.0 Å². The molecule has 3 rings (SSSR count). The number of aromatic nitrogens is 1. The van der Waals surface area contributed by atoms with Crippen LogP contribution in [0.2, 0.25) is 0 Å². The Morgan fingerprint density at radius 1 is 1.08 bits per heavy atom. The van der Waals surface area contributed by atoms with Crippen molar-refractivity contribution < 1.29 is 14.3 Å². The average molecular weight is 322 g/mol. The topological polar surface area (TPSA) is 74.3 Å². The number of methoxy groups -OCH3 is 1. The minimum absolute atomic E-state index is 0.121. The molecular weight excluding hydrogens is 304 g/mol. The van der Waals surface area contributed by atoms with Crippen LogP contribution in [0.5, 0.6) is 0 Å². The highest BCUT2D eigenvalue weighted by molar-refractivity contribution is 6.03. The van der Waals surface area contributed by atoms with Crippen LogP contribution in [0.15, 0.2) is 60.8 Å². The molecule has 1 aromatic heterocycles. The summed E-state index contributed by atoms with van der Waals surface area (Å²) in [4.78, 5) is 24.4. The van der Waals surface area contributed by atoms with Gasteiger partial charge < -0.3 is 10.5 Å². The van der Waals surface area contributed by atoms with Gasteiger partial charge in [0.15, 0.2) is 0 Å². The Morgan fingerprint density at radius 3 is 2.46 bits per heavy atom. The third-order valence-corrected chi connectivity index (χ3v) is 3.98. The van der Waals surface area contributed by atoms with Crippen LogP contribution in [0.1, 0.15) is 15.9 Å². The van der Waals surface area contributed by atoms with Crippen LogP contribution in [-0.4, -0.2) is 29.6 Å². The quantitative estimate of drug-likeness (QED) is 0.748. The number of nitrogens with zero attached hydrogens (tertiary/aromatic N) is 1. The maximum absolute atomic E-state index is 12.8. The average Bonchev–Trinajstić information content (AvgIpc) is 2.99. The lowest BCUT2D eigenvalue weighted by molar-refractivity contribution is -0.142. The van der Waals surface area contributed by atoms with E-state index in [1.54, 1.807) is 22.9 Å². The van der Waals surface area contributed by atoms with Crippen molar-refractivity contribution in [2.24, 2.45) is 5.73 Å². The van der Waals surface area contributed by atoms with Gasteiger partial charge in [0.1, 0.15) is 6.04 Å². The number of ether oxygens (including phenoxy) is 1. The molecule has 0 aliphatic carbocycles. The Morgan fingerprint density at radius 2 is 1.75 bits per heavy atom. The zero-order chi connectivity index (χ0) is 17.1. The van der Waals surface area contributed by atoms with Crippen molar-refractivity contribution in [1.29, 1.82) is 0 Å². The van der Waals surface area contributed by atoms with E-state index in [0.29, 0.717) is 12.0 Å². The summed E-state index contributed by atoms with van der Waals surface area (Å²) in [5.41, 5.74) is 8.11. The number of carbonyl (C=O) groups is 2. The summed E-state index contributed by atoms with van der Waals surface area (Å²) in [6.45, 7) is 0. The van der Waals surface area contributed by atoms with Crippen molar-refractivity contribution in [1.82, 2.24) is 4.57 Å². The first-order valence-corrected chi connectivity index (χ1v) is 7.64. The lowest BCUT2D eigenvalue weighted by Gasteiger charge is -2.07. The van der Waals surface area contributed by atoms with Gasteiger partial charge in [0.25, 0.3) is 5.91 Å². The molecule has 122 valence electrons. The molecule has 2 aromatic carbocycles. The third-order valence-electron chi connectivity index (χ3n) is 3.98. The maximum Gasteiger partial charge on any atom is 0.322 e. The minimum Gasteiger partial charge on any atom is -0.468 e. The molecular formula is C19H18N2O3. The normalized spacial score (nSPS) is 12.1. The van der Waals surface area contributed by atoms with Crippen molar-refractivity contribution >= 4 is 22.8 Å². The van der Waals surface area contributed by atoms with Gasteiger partial charge in [-0.05, 0) is 23.8 Å². The predicted octanol–water partition coefficient (Wildman–Crippen LogP) is 2.37. The van der Waals surface area contributed by atoms with Crippen LogP contribution >= 0.6 is 0 Å². The molecule has 0 radical (unpaired) electrons. The second-order valence-electron chi connectivity index (χ2n) is 5.55. The summed E-state index contributed by atoms with van der Waals surface area (Å²) < 4.78 is 6.28. The summed E-state index contributed by atoms with van der Waals surface area (Å²) in [7, 11) is 1.31. The molecule has 0 aliphatic heterocycles. The Labute approximate surface area is 139 Å². The van der Waals surface area contributed by atoms with E-state index >= 15 is 0 Å². The van der Waals surface area contributed by atoms with E-state index in [1.165, 1.54) is 7.11 Å². The van der Waals surface area contributed by atoms with E-state index in [0.717, 1.165) is 16.5 Å². The summed E-state index contributed by atoms with van der Waals surface area (Å²) >= 11 is 0. The molecule has 0 amide bonds. The van der Waals surface area contributed by atoms with Crippen molar-refractivity contribution in [2.75, 3.05) is 7.11 Å². The second-order valence-corrected chi connectivity index (χ2v) is 5.55. The van der Waals surface area contributed by atoms with Gasteiger partial charge in [-0.2, -0.15) is 0 Å². The number of nitrogens with two attached hydrogens (primary N) is 1. The summed E-state index contributed by atoms with van der Waals surface area (Å²) in [6, 6.07) is 15.9. The molecule has 1 heterocycles.